The van der Waals surface area contributed by atoms with E-state index in [2.05, 4.69) is 18.6 Å². The number of esters is 1. The fraction of sp³-hybridized carbons (Fsp3) is 0.917. The highest BCUT2D eigenvalue weighted by Gasteiger charge is 1.91. The zero-order valence-corrected chi connectivity index (χ0v) is 10.3. The van der Waals surface area contributed by atoms with Crippen LogP contribution in [0.15, 0.2) is 0 Å². The van der Waals surface area contributed by atoms with E-state index in [-0.39, 0.29) is 5.97 Å². The summed E-state index contributed by atoms with van der Waals surface area (Å²) in [6, 6.07) is 0. The van der Waals surface area contributed by atoms with Gasteiger partial charge in [0.25, 0.3) is 0 Å². The maximum absolute atomic E-state index is 10.2. The first kappa shape index (κ1) is 15.9. The molecule has 0 fully saturated rings. The average molecular weight is 202 g/mol. The molecule has 0 heterocycles. The SMILES string of the molecule is CCCCCCC.CCOC(=O)CC. The maximum Gasteiger partial charge on any atom is 0.305 e. The molecule has 0 saturated heterocycles. The van der Waals surface area contributed by atoms with E-state index >= 15 is 0 Å². The number of unbranched alkanes of at least 4 members (excludes halogenated alkanes) is 4. The summed E-state index contributed by atoms with van der Waals surface area (Å²) in [5, 5.41) is 0. The molecule has 0 aliphatic heterocycles. The van der Waals surface area contributed by atoms with E-state index in [0.29, 0.717) is 13.0 Å². The molecule has 2 nitrogen and oxygen atoms in total. The Morgan fingerprint density at radius 3 is 1.64 bits per heavy atom. The summed E-state index contributed by atoms with van der Waals surface area (Å²) < 4.78 is 4.55. The number of hydrogen-bond acceptors (Lipinski definition) is 2. The minimum absolute atomic E-state index is 0.123. The second-order valence-electron chi connectivity index (χ2n) is 3.22. The normalized spacial score (nSPS) is 8.86. The lowest BCUT2D eigenvalue weighted by Crippen LogP contribution is -2.00. The minimum Gasteiger partial charge on any atom is -0.466 e. The molecule has 86 valence electrons. The second kappa shape index (κ2) is 15.0. The largest absolute Gasteiger partial charge is 0.466 e. The van der Waals surface area contributed by atoms with E-state index in [1.165, 1.54) is 32.1 Å². The zero-order valence-electron chi connectivity index (χ0n) is 10.3. The Kier molecular flexibility index (Phi) is 17.0. The fourth-order valence-corrected chi connectivity index (χ4v) is 0.940. The lowest BCUT2D eigenvalue weighted by atomic mass is 10.2. The molecule has 0 spiro atoms. The van der Waals surface area contributed by atoms with E-state index in [0.717, 1.165) is 0 Å². The third-order valence-corrected chi connectivity index (χ3v) is 1.80. The van der Waals surface area contributed by atoms with E-state index in [4.69, 9.17) is 0 Å². The summed E-state index contributed by atoms with van der Waals surface area (Å²) in [7, 11) is 0. The van der Waals surface area contributed by atoms with Crippen molar-refractivity contribution >= 4 is 5.97 Å². The highest BCUT2D eigenvalue weighted by molar-refractivity contribution is 5.68. The van der Waals surface area contributed by atoms with Gasteiger partial charge in [0, 0.05) is 6.42 Å². The molecular weight excluding hydrogens is 176 g/mol. The van der Waals surface area contributed by atoms with Gasteiger partial charge in [-0.2, -0.15) is 0 Å². The van der Waals surface area contributed by atoms with Crippen molar-refractivity contribution in [2.75, 3.05) is 6.61 Å². The summed E-state index contributed by atoms with van der Waals surface area (Å²) >= 11 is 0. The molecule has 0 aromatic carbocycles. The topological polar surface area (TPSA) is 26.3 Å². The van der Waals surface area contributed by atoms with Crippen molar-refractivity contribution in [1.82, 2.24) is 0 Å². The van der Waals surface area contributed by atoms with E-state index in [1.807, 2.05) is 0 Å². The van der Waals surface area contributed by atoms with Gasteiger partial charge in [-0.3, -0.25) is 4.79 Å². The van der Waals surface area contributed by atoms with Crippen LogP contribution in [0.2, 0.25) is 0 Å². The molecule has 0 atom stereocenters. The molecule has 0 aromatic heterocycles. The van der Waals surface area contributed by atoms with Crippen molar-refractivity contribution in [2.45, 2.75) is 66.2 Å². The van der Waals surface area contributed by atoms with E-state index in [9.17, 15) is 4.79 Å². The Balaban J connectivity index is 0. The fourth-order valence-electron chi connectivity index (χ4n) is 0.940. The lowest BCUT2D eigenvalue weighted by molar-refractivity contribution is -0.142. The van der Waals surface area contributed by atoms with Gasteiger partial charge in [-0.05, 0) is 6.92 Å². The molecule has 0 amide bonds. The zero-order chi connectivity index (χ0) is 11.2. The molecule has 0 aliphatic rings. The van der Waals surface area contributed by atoms with Crippen LogP contribution in [0.4, 0.5) is 0 Å². The monoisotopic (exact) mass is 202 g/mol. The summed E-state index contributed by atoms with van der Waals surface area (Å²) in [5.74, 6) is -0.123. The van der Waals surface area contributed by atoms with Crippen molar-refractivity contribution < 1.29 is 9.53 Å². The predicted octanol–water partition coefficient (Wildman–Crippen LogP) is 3.94. The molecule has 0 bridgehead atoms. The molecule has 0 N–H and O–H groups in total. The second-order valence-corrected chi connectivity index (χ2v) is 3.22. The number of rotatable bonds is 6. The van der Waals surface area contributed by atoms with Crippen LogP contribution in [0.1, 0.15) is 66.2 Å². The van der Waals surface area contributed by atoms with Gasteiger partial charge in [-0.1, -0.05) is 52.9 Å². The van der Waals surface area contributed by atoms with Gasteiger partial charge in [0.1, 0.15) is 0 Å². The third kappa shape index (κ3) is 17.5. The van der Waals surface area contributed by atoms with Gasteiger partial charge < -0.3 is 4.74 Å². The van der Waals surface area contributed by atoms with Crippen LogP contribution in [0.5, 0.6) is 0 Å². The van der Waals surface area contributed by atoms with Gasteiger partial charge in [-0.25, -0.2) is 0 Å². The molecule has 0 aliphatic carbocycles. The summed E-state index contributed by atoms with van der Waals surface area (Å²) in [6.45, 7) is 8.56. The van der Waals surface area contributed by atoms with Crippen LogP contribution in [-0.4, -0.2) is 12.6 Å². The van der Waals surface area contributed by atoms with Crippen molar-refractivity contribution in [2.24, 2.45) is 0 Å². The third-order valence-electron chi connectivity index (χ3n) is 1.80. The standard InChI is InChI=1S/C7H16.C5H10O2/c1-3-5-7-6-4-2;1-3-5(6)7-4-2/h3-7H2,1-2H3;3-4H2,1-2H3. The van der Waals surface area contributed by atoms with E-state index < -0.39 is 0 Å². The molecule has 14 heavy (non-hydrogen) atoms. The Morgan fingerprint density at radius 1 is 0.929 bits per heavy atom. The Hall–Kier alpha value is -0.530. The summed E-state index contributed by atoms with van der Waals surface area (Å²) in [6.07, 6.45) is 7.49. The highest BCUT2D eigenvalue weighted by atomic mass is 16.5. The smallest absolute Gasteiger partial charge is 0.305 e. The first-order chi connectivity index (χ1) is 6.72. The number of carbonyl (C=O) groups excluding carboxylic acids is 1. The highest BCUT2D eigenvalue weighted by Crippen LogP contribution is 2.00. The van der Waals surface area contributed by atoms with E-state index in [1.54, 1.807) is 13.8 Å². The number of carbonyl (C=O) groups is 1. The van der Waals surface area contributed by atoms with Crippen molar-refractivity contribution in [1.29, 1.82) is 0 Å². The van der Waals surface area contributed by atoms with Crippen LogP contribution in [0.25, 0.3) is 0 Å². The van der Waals surface area contributed by atoms with Gasteiger partial charge in [0.2, 0.25) is 0 Å². The van der Waals surface area contributed by atoms with Crippen LogP contribution >= 0.6 is 0 Å². The molecular formula is C12H26O2. The quantitative estimate of drug-likeness (QED) is 0.482. The first-order valence-electron chi connectivity index (χ1n) is 5.88. The molecule has 2 heteroatoms. The van der Waals surface area contributed by atoms with Crippen molar-refractivity contribution in [3.8, 4) is 0 Å². The van der Waals surface area contributed by atoms with Gasteiger partial charge in [0.15, 0.2) is 0 Å². The Morgan fingerprint density at radius 2 is 1.43 bits per heavy atom. The molecule has 0 radical (unpaired) electrons. The minimum atomic E-state index is -0.123. The predicted molar refractivity (Wildman–Crippen MR) is 61.4 cm³/mol. The van der Waals surface area contributed by atoms with Crippen LogP contribution < -0.4 is 0 Å². The summed E-state index contributed by atoms with van der Waals surface area (Å²) in [4.78, 5) is 10.2. The van der Waals surface area contributed by atoms with Crippen molar-refractivity contribution in [3.63, 3.8) is 0 Å². The maximum atomic E-state index is 10.2. The number of ether oxygens (including phenoxy) is 1. The van der Waals surface area contributed by atoms with Gasteiger partial charge in [-0.15, -0.1) is 0 Å². The average Bonchev–Trinajstić information content (AvgIpc) is 2.20. The van der Waals surface area contributed by atoms with Crippen LogP contribution in [-0.2, 0) is 9.53 Å². The van der Waals surface area contributed by atoms with Crippen molar-refractivity contribution in [3.05, 3.63) is 0 Å². The van der Waals surface area contributed by atoms with Crippen LogP contribution in [0, 0.1) is 0 Å². The Labute approximate surface area is 89.0 Å². The van der Waals surface area contributed by atoms with Gasteiger partial charge >= 0.3 is 5.97 Å². The molecule has 0 saturated carbocycles. The summed E-state index contributed by atoms with van der Waals surface area (Å²) in [5.41, 5.74) is 0. The first-order valence-corrected chi connectivity index (χ1v) is 5.88. The number of hydrogen-bond donors (Lipinski definition) is 0. The molecule has 0 aromatic rings. The Bertz CT molecular complexity index is 107. The molecule has 0 unspecified atom stereocenters. The van der Waals surface area contributed by atoms with Gasteiger partial charge in [0.05, 0.1) is 6.61 Å². The lowest BCUT2D eigenvalue weighted by Gasteiger charge is -1.93. The van der Waals surface area contributed by atoms with Crippen LogP contribution in [0.3, 0.4) is 0 Å². The molecule has 0 rings (SSSR count).